The van der Waals surface area contributed by atoms with Crippen molar-refractivity contribution in [1.82, 2.24) is 10.3 Å². The Labute approximate surface area is 215 Å². The summed E-state index contributed by atoms with van der Waals surface area (Å²) in [5.74, 6) is -1.58. The molecule has 0 spiro atoms. The van der Waals surface area contributed by atoms with Crippen molar-refractivity contribution in [3.8, 4) is 21.8 Å². The number of hydrogen-bond donors (Lipinski definition) is 1. The number of carbonyl (C=O) groups excluding carboxylic acids is 2. The molecular weight excluding hydrogens is 472 g/mol. The number of aromatic nitrogens is 1. The van der Waals surface area contributed by atoms with Crippen molar-refractivity contribution in [1.29, 1.82) is 0 Å². The molecule has 7 heteroatoms. The highest BCUT2D eigenvalue weighted by Crippen LogP contribution is 2.44. The van der Waals surface area contributed by atoms with Gasteiger partial charge in [-0.15, -0.1) is 11.3 Å². The van der Waals surface area contributed by atoms with Gasteiger partial charge < -0.3 is 14.8 Å². The lowest BCUT2D eigenvalue weighted by Gasteiger charge is -2.31. The van der Waals surface area contributed by atoms with E-state index in [0.29, 0.717) is 22.5 Å². The molecule has 4 rings (SSSR count). The topological polar surface area (TPSA) is 77.5 Å². The van der Waals surface area contributed by atoms with Gasteiger partial charge in [0.05, 0.1) is 36.0 Å². The first-order valence-electron chi connectivity index (χ1n) is 12.0. The minimum atomic E-state index is -0.660. The minimum absolute atomic E-state index is 0.230. The lowest BCUT2D eigenvalue weighted by molar-refractivity contribution is -0.139. The summed E-state index contributed by atoms with van der Waals surface area (Å²) in [6.07, 6.45) is 0. The predicted octanol–water partition coefficient (Wildman–Crippen LogP) is 6.15. The fourth-order valence-corrected chi connectivity index (χ4v) is 5.34. The normalized spacial score (nSPS) is 14.0. The van der Waals surface area contributed by atoms with Crippen molar-refractivity contribution in [2.45, 2.75) is 40.5 Å². The number of dihydropyridines is 1. The number of benzene rings is 2. The molecule has 0 aliphatic carbocycles. The number of aryl methyl sites for hydroxylation is 1. The van der Waals surface area contributed by atoms with E-state index in [1.54, 1.807) is 13.8 Å². The summed E-state index contributed by atoms with van der Waals surface area (Å²) in [6, 6.07) is 16.0. The van der Waals surface area contributed by atoms with Crippen LogP contribution >= 0.6 is 11.3 Å². The van der Waals surface area contributed by atoms with E-state index in [0.717, 1.165) is 27.4 Å². The van der Waals surface area contributed by atoms with Crippen LogP contribution in [0.3, 0.4) is 0 Å². The van der Waals surface area contributed by atoms with E-state index in [4.69, 9.17) is 14.5 Å². The molecular formula is C29H30N2O4S. The number of rotatable bonds is 7. The zero-order valence-electron chi connectivity index (χ0n) is 21.2. The summed E-state index contributed by atoms with van der Waals surface area (Å²) in [4.78, 5) is 31.3. The molecule has 0 saturated carbocycles. The fraction of sp³-hybridized carbons (Fsp3) is 0.276. The van der Waals surface area contributed by atoms with E-state index in [2.05, 4.69) is 36.5 Å². The Morgan fingerprint density at radius 1 is 0.889 bits per heavy atom. The number of carbonyl (C=O) groups is 2. The number of esters is 2. The van der Waals surface area contributed by atoms with Gasteiger partial charge in [-0.25, -0.2) is 14.6 Å². The highest BCUT2D eigenvalue weighted by molar-refractivity contribution is 7.13. The van der Waals surface area contributed by atoms with E-state index in [1.165, 1.54) is 16.9 Å². The second-order valence-corrected chi connectivity index (χ2v) is 9.43. The monoisotopic (exact) mass is 502 g/mol. The first-order valence-corrected chi connectivity index (χ1v) is 12.9. The van der Waals surface area contributed by atoms with Crippen molar-refractivity contribution >= 4 is 23.3 Å². The minimum Gasteiger partial charge on any atom is -0.463 e. The standard InChI is InChI=1S/C29H30N2O4S/c1-6-34-28(32)24-18(4)30-19(5)25(29(33)35-7-2)26(24)21-10-8-9-11-22(21)27-31-23(16-36-27)20-14-12-17(3)13-15-20/h8-16,26,30H,6-7H2,1-5H3. The van der Waals surface area contributed by atoms with Crippen molar-refractivity contribution in [2.24, 2.45) is 0 Å². The van der Waals surface area contributed by atoms with E-state index >= 15 is 0 Å². The van der Waals surface area contributed by atoms with Gasteiger partial charge in [0.2, 0.25) is 0 Å². The number of ether oxygens (including phenoxy) is 2. The van der Waals surface area contributed by atoms with Gasteiger partial charge >= 0.3 is 11.9 Å². The molecule has 0 amide bonds. The zero-order chi connectivity index (χ0) is 25.8. The molecule has 1 aliphatic rings. The van der Waals surface area contributed by atoms with Crippen molar-refractivity contribution in [3.63, 3.8) is 0 Å². The third kappa shape index (κ3) is 4.97. The van der Waals surface area contributed by atoms with Crippen LogP contribution in [0, 0.1) is 6.92 Å². The highest BCUT2D eigenvalue weighted by atomic mass is 32.1. The molecule has 186 valence electrons. The molecule has 1 aromatic heterocycles. The molecule has 0 saturated heterocycles. The highest BCUT2D eigenvalue weighted by Gasteiger charge is 2.39. The van der Waals surface area contributed by atoms with E-state index < -0.39 is 17.9 Å². The van der Waals surface area contributed by atoms with Crippen LogP contribution in [0.4, 0.5) is 0 Å². The summed E-state index contributed by atoms with van der Waals surface area (Å²) in [5, 5.41) is 6.03. The Balaban J connectivity index is 1.87. The van der Waals surface area contributed by atoms with Gasteiger partial charge in [-0.05, 0) is 40.2 Å². The molecule has 36 heavy (non-hydrogen) atoms. The van der Waals surface area contributed by atoms with Crippen LogP contribution < -0.4 is 5.32 Å². The molecule has 1 N–H and O–H groups in total. The fourth-order valence-electron chi connectivity index (χ4n) is 4.46. The molecule has 0 atom stereocenters. The third-order valence-corrected chi connectivity index (χ3v) is 6.98. The van der Waals surface area contributed by atoms with Gasteiger partial charge in [0.1, 0.15) is 5.01 Å². The summed E-state index contributed by atoms with van der Waals surface area (Å²) in [5.41, 5.74) is 6.86. The summed E-state index contributed by atoms with van der Waals surface area (Å²) < 4.78 is 10.8. The Morgan fingerprint density at radius 3 is 2.06 bits per heavy atom. The maximum atomic E-state index is 13.2. The Kier molecular flexibility index (Phi) is 7.70. The second kappa shape index (κ2) is 10.9. The average molecular weight is 503 g/mol. The van der Waals surface area contributed by atoms with Crippen LogP contribution in [0.25, 0.3) is 21.8 Å². The van der Waals surface area contributed by atoms with Gasteiger partial charge in [-0.2, -0.15) is 0 Å². The van der Waals surface area contributed by atoms with Gasteiger partial charge in [0.15, 0.2) is 0 Å². The van der Waals surface area contributed by atoms with Gasteiger partial charge in [0.25, 0.3) is 0 Å². The van der Waals surface area contributed by atoms with E-state index in [1.807, 2.05) is 43.5 Å². The first kappa shape index (κ1) is 25.4. The van der Waals surface area contributed by atoms with Gasteiger partial charge in [-0.3, -0.25) is 0 Å². The zero-order valence-corrected chi connectivity index (χ0v) is 22.0. The molecule has 6 nitrogen and oxygen atoms in total. The van der Waals surface area contributed by atoms with E-state index in [-0.39, 0.29) is 13.2 Å². The first-order chi connectivity index (χ1) is 17.3. The van der Waals surface area contributed by atoms with Crippen molar-refractivity contribution in [2.75, 3.05) is 13.2 Å². The smallest absolute Gasteiger partial charge is 0.336 e. The number of nitrogens with one attached hydrogen (secondary N) is 1. The molecule has 3 aromatic rings. The Morgan fingerprint density at radius 2 is 1.47 bits per heavy atom. The Hall–Kier alpha value is -3.71. The summed E-state index contributed by atoms with van der Waals surface area (Å²) in [7, 11) is 0. The summed E-state index contributed by atoms with van der Waals surface area (Å²) >= 11 is 1.53. The van der Waals surface area contributed by atoms with Crippen LogP contribution in [-0.4, -0.2) is 30.1 Å². The largest absolute Gasteiger partial charge is 0.463 e. The quantitative estimate of drug-likeness (QED) is 0.391. The van der Waals surface area contributed by atoms with Crippen LogP contribution in [-0.2, 0) is 19.1 Å². The lowest BCUT2D eigenvalue weighted by atomic mass is 9.78. The SMILES string of the molecule is CCOC(=O)C1=C(C)NC(C)=C(C(=O)OCC)C1c1ccccc1-c1nc(-c2ccc(C)cc2)cs1. The van der Waals surface area contributed by atoms with Gasteiger partial charge in [-0.1, -0.05) is 54.1 Å². The number of nitrogens with zero attached hydrogens (tertiary/aromatic N) is 1. The van der Waals surface area contributed by atoms with Crippen LogP contribution in [0.15, 0.2) is 76.5 Å². The maximum absolute atomic E-state index is 13.2. The molecule has 0 radical (unpaired) electrons. The lowest BCUT2D eigenvalue weighted by Crippen LogP contribution is -2.32. The second-order valence-electron chi connectivity index (χ2n) is 8.57. The predicted molar refractivity (Wildman–Crippen MR) is 142 cm³/mol. The molecule has 2 heterocycles. The van der Waals surface area contributed by atoms with Crippen LogP contribution in [0.5, 0.6) is 0 Å². The maximum Gasteiger partial charge on any atom is 0.336 e. The number of hydrogen-bond acceptors (Lipinski definition) is 7. The van der Waals surface area contributed by atoms with Crippen LogP contribution in [0.1, 0.15) is 44.7 Å². The van der Waals surface area contributed by atoms with Crippen molar-refractivity contribution < 1.29 is 19.1 Å². The molecule has 0 unspecified atom stereocenters. The summed E-state index contributed by atoms with van der Waals surface area (Å²) in [6.45, 7) is 9.70. The molecule has 0 fully saturated rings. The number of thiazole rings is 1. The molecule has 1 aliphatic heterocycles. The van der Waals surface area contributed by atoms with Crippen molar-refractivity contribution in [3.05, 3.63) is 87.6 Å². The van der Waals surface area contributed by atoms with E-state index in [9.17, 15) is 9.59 Å². The van der Waals surface area contributed by atoms with Gasteiger partial charge in [0, 0.05) is 27.9 Å². The average Bonchev–Trinajstić information content (AvgIpc) is 3.34. The van der Waals surface area contributed by atoms with Crippen LogP contribution in [0.2, 0.25) is 0 Å². The Bertz CT molecular complexity index is 1310. The third-order valence-electron chi connectivity index (χ3n) is 6.10. The molecule has 0 bridgehead atoms. The molecule has 2 aromatic carbocycles. The number of allylic oxidation sites excluding steroid dienone is 2.